The van der Waals surface area contributed by atoms with Crippen molar-refractivity contribution in [1.29, 1.82) is 0 Å². The predicted octanol–water partition coefficient (Wildman–Crippen LogP) is 1.89. The summed E-state index contributed by atoms with van der Waals surface area (Å²) in [5.74, 6) is 0. The van der Waals surface area contributed by atoms with E-state index in [2.05, 4.69) is 42.2 Å². The summed E-state index contributed by atoms with van der Waals surface area (Å²) in [6.45, 7) is 4.67. The molecular formula is C10H13N. The Morgan fingerprint density at radius 1 is 1.36 bits per heavy atom. The third kappa shape index (κ3) is 1.60. The summed E-state index contributed by atoms with van der Waals surface area (Å²) >= 11 is 0. The fourth-order valence-electron chi connectivity index (χ4n) is 1.33. The van der Waals surface area contributed by atoms with Crippen molar-refractivity contribution in [1.82, 2.24) is 4.90 Å². The maximum absolute atomic E-state index is 2.45. The van der Waals surface area contributed by atoms with Crippen molar-refractivity contribution in [2.75, 3.05) is 6.54 Å². The van der Waals surface area contributed by atoms with Crippen molar-refractivity contribution < 1.29 is 0 Å². The van der Waals surface area contributed by atoms with Crippen LogP contribution in [0, 0.1) is 0 Å². The first-order valence-corrected chi connectivity index (χ1v) is 4.14. The second kappa shape index (κ2) is 2.67. The Bertz CT molecular complexity index is 230. The van der Waals surface area contributed by atoms with Gasteiger partial charge in [-0.3, -0.25) is 4.90 Å². The first kappa shape index (κ1) is 6.86. The van der Waals surface area contributed by atoms with Crippen molar-refractivity contribution >= 4 is 0 Å². The van der Waals surface area contributed by atoms with Crippen LogP contribution in [0.25, 0.3) is 0 Å². The number of hydrogen-bond acceptors (Lipinski definition) is 1. The normalized spacial score (nSPS) is 28.5. The van der Waals surface area contributed by atoms with E-state index in [1.165, 1.54) is 12.1 Å². The van der Waals surface area contributed by atoms with Gasteiger partial charge in [-0.05, 0) is 12.5 Å². The fourth-order valence-corrected chi connectivity index (χ4v) is 1.33. The van der Waals surface area contributed by atoms with Gasteiger partial charge in [-0.15, -0.1) is 0 Å². The number of nitrogens with zero attached hydrogens (tertiary/aromatic N) is 1. The smallest absolute Gasteiger partial charge is 0.0237 e. The summed E-state index contributed by atoms with van der Waals surface area (Å²) in [6.07, 6.45) is 0. The molecule has 0 aliphatic carbocycles. The highest BCUT2D eigenvalue weighted by Crippen LogP contribution is 2.19. The van der Waals surface area contributed by atoms with Gasteiger partial charge in [0.05, 0.1) is 0 Å². The molecule has 1 saturated heterocycles. The number of rotatable bonds is 2. The van der Waals surface area contributed by atoms with E-state index in [0.717, 1.165) is 12.6 Å². The molecule has 0 radical (unpaired) electrons. The van der Waals surface area contributed by atoms with Crippen LogP contribution in [-0.4, -0.2) is 17.5 Å². The molecule has 0 amide bonds. The van der Waals surface area contributed by atoms with Crippen LogP contribution in [0.5, 0.6) is 0 Å². The van der Waals surface area contributed by atoms with Gasteiger partial charge in [-0.25, -0.2) is 0 Å². The average molecular weight is 147 g/mol. The van der Waals surface area contributed by atoms with E-state index < -0.39 is 0 Å². The predicted molar refractivity (Wildman–Crippen MR) is 46.3 cm³/mol. The SMILES string of the molecule is C[C@H]1CN1Cc1ccccc1. The van der Waals surface area contributed by atoms with Crippen molar-refractivity contribution in [2.45, 2.75) is 19.5 Å². The third-order valence-corrected chi connectivity index (χ3v) is 2.22. The van der Waals surface area contributed by atoms with Crippen molar-refractivity contribution in [3.05, 3.63) is 35.9 Å². The number of hydrogen-bond donors (Lipinski definition) is 0. The zero-order valence-electron chi connectivity index (χ0n) is 6.83. The summed E-state index contributed by atoms with van der Waals surface area (Å²) in [5.41, 5.74) is 1.43. The Morgan fingerprint density at radius 2 is 2.00 bits per heavy atom. The van der Waals surface area contributed by atoms with E-state index in [1.807, 2.05) is 0 Å². The number of benzene rings is 1. The summed E-state index contributed by atoms with van der Waals surface area (Å²) in [5, 5.41) is 0. The van der Waals surface area contributed by atoms with E-state index in [9.17, 15) is 0 Å². The first-order valence-electron chi connectivity index (χ1n) is 4.14. The molecule has 1 nitrogen and oxygen atoms in total. The summed E-state index contributed by atoms with van der Waals surface area (Å²) in [7, 11) is 0. The lowest BCUT2D eigenvalue weighted by atomic mass is 10.2. The molecule has 1 unspecified atom stereocenters. The molecular weight excluding hydrogens is 134 g/mol. The molecule has 58 valence electrons. The molecule has 1 heterocycles. The molecule has 0 saturated carbocycles. The Hall–Kier alpha value is -0.820. The van der Waals surface area contributed by atoms with Crippen LogP contribution in [0.1, 0.15) is 12.5 Å². The molecule has 0 bridgehead atoms. The molecule has 2 rings (SSSR count). The molecule has 1 heteroatoms. The lowest BCUT2D eigenvalue weighted by Gasteiger charge is -2.00. The van der Waals surface area contributed by atoms with Crippen LogP contribution < -0.4 is 0 Å². The second-order valence-electron chi connectivity index (χ2n) is 3.26. The molecule has 2 atom stereocenters. The van der Waals surface area contributed by atoms with Crippen LogP contribution in [0.15, 0.2) is 30.3 Å². The van der Waals surface area contributed by atoms with Gasteiger partial charge in [-0.1, -0.05) is 30.3 Å². The Kier molecular flexibility index (Phi) is 1.66. The fraction of sp³-hybridized carbons (Fsp3) is 0.400. The van der Waals surface area contributed by atoms with Crippen LogP contribution in [0.2, 0.25) is 0 Å². The topological polar surface area (TPSA) is 3.01 Å². The molecule has 1 aliphatic rings. The summed E-state index contributed by atoms with van der Waals surface area (Å²) in [6, 6.07) is 11.5. The van der Waals surface area contributed by atoms with E-state index in [0.29, 0.717) is 0 Å². The minimum absolute atomic E-state index is 0.815. The summed E-state index contributed by atoms with van der Waals surface area (Å²) in [4.78, 5) is 2.45. The third-order valence-electron chi connectivity index (χ3n) is 2.22. The molecule has 0 N–H and O–H groups in total. The van der Waals surface area contributed by atoms with Gasteiger partial charge in [0, 0.05) is 19.1 Å². The van der Waals surface area contributed by atoms with Crippen LogP contribution in [-0.2, 0) is 6.54 Å². The van der Waals surface area contributed by atoms with Gasteiger partial charge in [0.15, 0.2) is 0 Å². The zero-order chi connectivity index (χ0) is 7.68. The maximum Gasteiger partial charge on any atom is 0.0237 e. The van der Waals surface area contributed by atoms with E-state index in [1.54, 1.807) is 0 Å². The van der Waals surface area contributed by atoms with Crippen molar-refractivity contribution in [3.8, 4) is 0 Å². The zero-order valence-corrected chi connectivity index (χ0v) is 6.83. The van der Waals surface area contributed by atoms with Crippen LogP contribution in [0.3, 0.4) is 0 Å². The van der Waals surface area contributed by atoms with Crippen LogP contribution >= 0.6 is 0 Å². The van der Waals surface area contributed by atoms with Gasteiger partial charge in [-0.2, -0.15) is 0 Å². The Balaban J connectivity index is 1.97. The molecule has 11 heavy (non-hydrogen) atoms. The minimum atomic E-state index is 0.815. The molecule has 0 aromatic heterocycles. The molecule has 0 spiro atoms. The highest BCUT2D eigenvalue weighted by atomic mass is 15.3. The van der Waals surface area contributed by atoms with Gasteiger partial charge >= 0.3 is 0 Å². The van der Waals surface area contributed by atoms with E-state index in [4.69, 9.17) is 0 Å². The highest BCUT2D eigenvalue weighted by Gasteiger charge is 2.28. The monoisotopic (exact) mass is 147 g/mol. The lowest BCUT2D eigenvalue weighted by molar-refractivity contribution is 0.515. The molecule has 1 aromatic rings. The largest absolute Gasteiger partial charge is 0.294 e. The molecule has 1 aromatic carbocycles. The van der Waals surface area contributed by atoms with E-state index >= 15 is 0 Å². The van der Waals surface area contributed by atoms with Gasteiger partial charge in [0.1, 0.15) is 0 Å². The average Bonchev–Trinajstić information content (AvgIpc) is 2.69. The van der Waals surface area contributed by atoms with Crippen molar-refractivity contribution in [2.24, 2.45) is 0 Å². The summed E-state index contributed by atoms with van der Waals surface area (Å²) < 4.78 is 0. The van der Waals surface area contributed by atoms with Gasteiger partial charge in [0.25, 0.3) is 0 Å². The standard InChI is InChI=1S/C10H13N/c1-9-7-11(9)8-10-5-3-2-4-6-10/h2-6,9H,7-8H2,1H3/t9-,11?/m0/s1. The Morgan fingerprint density at radius 3 is 2.55 bits per heavy atom. The first-order chi connectivity index (χ1) is 5.36. The molecule has 1 aliphatic heterocycles. The van der Waals surface area contributed by atoms with Gasteiger partial charge < -0.3 is 0 Å². The van der Waals surface area contributed by atoms with Gasteiger partial charge in [0.2, 0.25) is 0 Å². The lowest BCUT2D eigenvalue weighted by Crippen LogP contribution is -1.98. The molecule has 1 fully saturated rings. The minimum Gasteiger partial charge on any atom is -0.294 e. The van der Waals surface area contributed by atoms with Crippen LogP contribution in [0.4, 0.5) is 0 Å². The van der Waals surface area contributed by atoms with Crippen molar-refractivity contribution in [3.63, 3.8) is 0 Å². The highest BCUT2D eigenvalue weighted by molar-refractivity contribution is 5.15. The second-order valence-corrected chi connectivity index (χ2v) is 3.26. The van der Waals surface area contributed by atoms with E-state index in [-0.39, 0.29) is 0 Å². The Labute approximate surface area is 67.6 Å². The quantitative estimate of drug-likeness (QED) is 0.577. The maximum atomic E-state index is 2.45.